The smallest absolute Gasteiger partial charge is 0.408 e. The zero-order valence-electron chi connectivity index (χ0n) is 11.9. The lowest BCUT2D eigenvalue weighted by Crippen LogP contribution is -2.29. The van der Waals surface area contributed by atoms with Crippen LogP contribution in [-0.2, 0) is 9.53 Å². The van der Waals surface area contributed by atoms with Crippen LogP contribution in [0.3, 0.4) is 0 Å². The molecule has 1 atom stereocenters. The van der Waals surface area contributed by atoms with Gasteiger partial charge < -0.3 is 15.4 Å². The fourth-order valence-electron chi connectivity index (χ4n) is 1.81. The highest BCUT2D eigenvalue weighted by molar-refractivity contribution is 5.95. The summed E-state index contributed by atoms with van der Waals surface area (Å²) in [6, 6.07) is 13.9. The van der Waals surface area contributed by atoms with Gasteiger partial charge in [0.25, 0.3) is 5.91 Å². The third-order valence-electron chi connectivity index (χ3n) is 2.88. The first-order chi connectivity index (χ1) is 10.6. The zero-order chi connectivity index (χ0) is 15.9. The lowest BCUT2D eigenvalue weighted by molar-refractivity contribution is -0.124. The Kier molecular flexibility index (Phi) is 5.08. The summed E-state index contributed by atoms with van der Waals surface area (Å²) in [5, 5.41) is 4.89. The molecule has 6 heteroatoms. The van der Waals surface area contributed by atoms with E-state index in [4.69, 9.17) is 4.74 Å². The number of carbonyl (C=O) groups excluding carboxylic acids is 2. The van der Waals surface area contributed by atoms with Crippen LogP contribution in [0.4, 0.5) is 14.9 Å². The quantitative estimate of drug-likeness (QED) is 0.912. The molecule has 2 N–H and O–H groups in total. The molecule has 0 heterocycles. The molecular formula is C16H15FN2O3. The van der Waals surface area contributed by atoms with Crippen LogP contribution in [0.25, 0.3) is 0 Å². The number of halogens is 1. The minimum Gasteiger partial charge on any atom is -0.431 e. The third kappa shape index (κ3) is 4.05. The number of nitrogens with one attached hydrogen (secondary N) is 2. The summed E-state index contributed by atoms with van der Waals surface area (Å²) in [5.41, 5.74) is 0.943. The standard InChI is InChI=1S/C16H15FN2O3/c1-18-16(21)22-14(11-5-3-2-4-6-11)15(20)19-13-9-7-12(17)8-10-13/h2-10,14H,1H3,(H,18,21)(H,19,20)/t14-/m1/s1. The number of hydrogen-bond acceptors (Lipinski definition) is 3. The van der Waals surface area contributed by atoms with Crippen molar-refractivity contribution in [3.8, 4) is 0 Å². The average Bonchev–Trinajstić information content (AvgIpc) is 2.55. The molecule has 0 saturated heterocycles. The Hall–Kier alpha value is -2.89. The van der Waals surface area contributed by atoms with Crippen molar-refractivity contribution in [2.24, 2.45) is 0 Å². The Morgan fingerprint density at radius 3 is 2.27 bits per heavy atom. The van der Waals surface area contributed by atoms with Crippen molar-refractivity contribution < 1.29 is 18.7 Å². The lowest BCUT2D eigenvalue weighted by atomic mass is 10.1. The van der Waals surface area contributed by atoms with Crippen molar-refractivity contribution in [2.45, 2.75) is 6.10 Å². The van der Waals surface area contributed by atoms with E-state index >= 15 is 0 Å². The largest absolute Gasteiger partial charge is 0.431 e. The first kappa shape index (κ1) is 15.5. The van der Waals surface area contributed by atoms with Crippen molar-refractivity contribution in [2.75, 3.05) is 12.4 Å². The summed E-state index contributed by atoms with van der Waals surface area (Å²) in [7, 11) is 1.41. The maximum absolute atomic E-state index is 12.9. The predicted octanol–water partition coefficient (Wildman–Crippen LogP) is 2.86. The van der Waals surface area contributed by atoms with E-state index in [1.165, 1.54) is 31.3 Å². The van der Waals surface area contributed by atoms with Gasteiger partial charge >= 0.3 is 6.09 Å². The highest BCUT2D eigenvalue weighted by Gasteiger charge is 2.24. The second-order valence-corrected chi connectivity index (χ2v) is 4.44. The molecule has 0 aromatic heterocycles. The van der Waals surface area contributed by atoms with Crippen LogP contribution in [0.5, 0.6) is 0 Å². The van der Waals surface area contributed by atoms with Gasteiger partial charge in [0.05, 0.1) is 0 Å². The van der Waals surface area contributed by atoms with Crippen molar-refractivity contribution >= 4 is 17.7 Å². The second-order valence-electron chi connectivity index (χ2n) is 4.44. The molecular weight excluding hydrogens is 287 g/mol. The number of benzene rings is 2. The second kappa shape index (κ2) is 7.21. The van der Waals surface area contributed by atoms with E-state index in [1.54, 1.807) is 30.3 Å². The molecule has 0 aliphatic carbocycles. The number of carbonyl (C=O) groups is 2. The Morgan fingerprint density at radius 2 is 1.68 bits per heavy atom. The molecule has 0 aliphatic rings. The van der Waals surface area contributed by atoms with Gasteiger partial charge in [0.15, 0.2) is 0 Å². The predicted molar refractivity (Wildman–Crippen MR) is 79.8 cm³/mol. The fourth-order valence-corrected chi connectivity index (χ4v) is 1.81. The summed E-state index contributed by atoms with van der Waals surface area (Å²) >= 11 is 0. The molecule has 2 aromatic rings. The van der Waals surface area contributed by atoms with Crippen LogP contribution < -0.4 is 10.6 Å². The van der Waals surface area contributed by atoms with Gasteiger partial charge in [-0.2, -0.15) is 0 Å². The third-order valence-corrected chi connectivity index (χ3v) is 2.88. The maximum Gasteiger partial charge on any atom is 0.408 e. The lowest BCUT2D eigenvalue weighted by Gasteiger charge is -2.17. The molecule has 114 valence electrons. The van der Waals surface area contributed by atoms with E-state index in [9.17, 15) is 14.0 Å². The molecule has 2 rings (SSSR count). The number of alkyl carbamates (subject to hydrolysis) is 1. The number of anilines is 1. The van der Waals surface area contributed by atoms with Crippen LogP contribution in [0, 0.1) is 5.82 Å². The Bertz CT molecular complexity index is 644. The van der Waals surface area contributed by atoms with Crippen molar-refractivity contribution in [3.63, 3.8) is 0 Å². The molecule has 0 saturated carbocycles. The van der Waals surface area contributed by atoms with Gasteiger partial charge in [-0.3, -0.25) is 4.79 Å². The molecule has 0 unspecified atom stereocenters. The van der Waals surface area contributed by atoms with Gasteiger partial charge in [-0.05, 0) is 24.3 Å². The topological polar surface area (TPSA) is 67.4 Å². The maximum atomic E-state index is 12.9. The van der Waals surface area contributed by atoms with Crippen LogP contribution >= 0.6 is 0 Å². The normalized spacial score (nSPS) is 11.4. The van der Waals surface area contributed by atoms with E-state index in [0.717, 1.165) is 0 Å². The molecule has 0 radical (unpaired) electrons. The summed E-state index contributed by atoms with van der Waals surface area (Å²) < 4.78 is 18.0. The van der Waals surface area contributed by atoms with Gasteiger partial charge in [-0.25, -0.2) is 9.18 Å². The van der Waals surface area contributed by atoms with E-state index < -0.39 is 23.9 Å². The number of hydrogen-bond donors (Lipinski definition) is 2. The summed E-state index contributed by atoms with van der Waals surface area (Å²) in [5.74, 6) is -0.930. The van der Waals surface area contributed by atoms with Crippen LogP contribution in [0.2, 0.25) is 0 Å². The van der Waals surface area contributed by atoms with E-state index in [1.807, 2.05) is 0 Å². The molecule has 2 aromatic carbocycles. The Balaban J connectivity index is 2.18. The van der Waals surface area contributed by atoms with Gasteiger partial charge in [0, 0.05) is 18.3 Å². The van der Waals surface area contributed by atoms with Crippen molar-refractivity contribution in [1.82, 2.24) is 5.32 Å². The van der Waals surface area contributed by atoms with E-state index in [2.05, 4.69) is 10.6 Å². The van der Waals surface area contributed by atoms with Gasteiger partial charge in [0.2, 0.25) is 6.10 Å². The minimum absolute atomic E-state index is 0.404. The molecule has 5 nitrogen and oxygen atoms in total. The number of amides is 2. The molecule has 2 amide bonds. The van der Waals surface area contributed by atoms with Crippen LogP contribution in [0.1, 0.15) is 11.7 Å². The molecule has 0 spiro atoms. The molecule has 0 fully saturated rings. The first-order valence-electron chi connectivity index (χ1n) is 6.60. The SMILES string of the molecule is CNC(=O)O[C@@H](C(=O)Nc1ccc(F)cc1)c1ccccc1. The Morgan fingerprint density at radius 1 is 1.05 bits per heavy atom. The monoisotopic (exact) mass is 302 g/mol. The van der Waals surface area contributed by atoms with Gasteiger partial charge in [-0.1, -0.05) is 30.3 Å². The fraction of sp³-hybridized carbons (Fsp3) is 0.125. The zero-order valence-corrected chi connectivity index (χ0v) is 11.9. The summed E-state index contributed by atoms with van der Waals surface area (Å²) in [6.45, 7) is 0. The highest BCUT2D eigenvalue weighted by atomic mass is 19.1. The molecule has 0 aliphatic heterocycles. The van der Waals surface area contributed by atoms with Gasteiger partial charge in [-0.15, -0.1) is 0 Å². The van der Waals surface area contributed by atoms with Gasteiger partial charge in [0.1, 0.15) is 5.82 Å². The first-order valence-corrected chi connectivity index (χ1v) is 6.60. The minimum atomic E-state index is -1.11. The molecule has 0 bridgehead atoms. The number of rotatable bonds is 4. The van der Waals surface area contributed by atoms with Crippen molar-refractivity contribution in [1.29, 1.82) is 0 Å². The number of ether oxygens (including phenoxy) is 1. The van der Waals surface area contributed by atoms with Crippen molar-refractivity contribution in [3.05, 3.63) is 66.0 Å². The van der Waals surface area contributed by atoms with E-state index in [-0.39, 0.29) is 0 Å². The summed E-state index contributed by atoms with van der Waals surface area (Å²) in [6.07, 6.45) is -1.82. The van der Waals surface area contributed by atoms with E-state index in [0.29, 0.717) is 11.3 Å². The highest BCUT2D eigenvalue weighted by Crippen LogP contribution is 2.20. The Labute approximate surface area is 127 Å². The summed E-state index contributed by atoms with van der Waals surface area (Å²) in [4.78, 5) is 23.8. The van der Waals surface area contributed by atoms with Crippen LogP contribution in [0.15, 0.2) is 54.6 Å². The average molecular weight is 302 g/mol. The molecule has 22 heavy (non-hydrogen) atoms. The van der Waals surface area contributed by atoms with Crippen LogP contribution in [-0.4, -0.2) is 19.0 Å².